The van der Waals surface area contributed by atoms with E-state index < -0.39 is 7.67 Å². The minimum Gasteiger partial charge on any atom is -0.0354 e. The molecule has 0 fully saturated rings. The van der Waals surface area contributed by atoms with Crippen LogP contribution in [0, 0.1) is 0 Å². The average Bonchev–Trinajstić information content (AvgIpc) is 0.722. The second kappa shape index (κ2) is 1.78. The molecule has 0 saturated heterocycles. The van der Waals surface area contributed by atoms with E-state index in [2.05, 4.69) is 0 Å². The van der Waals surface area contributed by atoms with Crippen LogP contribution in [-0.4, -0.2) is 6.26 Å². The largest absolute Gasteiger partial charge is 0.0354 e. The molecular formula is CH3Cl3S. The zero-order chi connectivity index (χ0) is 4.50. The van der Waals surface area contributed by atoms with Crippen LogP contribution in [-0.2, 0) is 0 Å². The summed E-state index contributed by atoms with van der Waals surface area (Å²) in [6, 6.07) is 0. The van der Waals surface area contributed by atoms with Gasteiger partial charge in [-0.1, -0.05) is 0 Å². The predicted molar refractivity (Wildman–Crippen MR) is 31.1 cm³/mol. The molecule has 0 rings (SSSR count). The summed E-state index contributed by atoms with van der Waals surface area (Å²) in [6.45, 7) is 0. The molecule has 5 heavy (non-hydrogen) atoms. The van der Waals surface area contributed by atoms with Gasteiger partial charge in [0.25, 0.3) is 0 Å². The van der Waals surface area contributed by atoms with E-state index in [1.165, 1.54) is 0 Å². The van der Waals surface area contributed by atoms with Gasteiger partial charge in [-0.15, -0.1) is 0 Å². The summed E-state index contributed by atoms with van der Waals surface area (Å²) in [5.41, 5.74) is 0. The third-order valence-corrected chi connectivity index (χ3v) is 0. The lowest BCUT2D eigenvalue weighted by Crippen LogP contribution is -1.50. The summed E-state index contributed by atoms with van der Waals surface area (Å²) >= 11 is 0. The Hall–Kier alpha value is 1.22. The summed E-state index contributed by atoms with van der Waals surface area (Å²) in [7, 11) is 13.7. The van der Waals surface area contributed by atoms with Crippen molar-refractivity contribution in [3.63, 3.8) is 0 Å². The fraction of sp³-hybridized carbons (Fsp3) is 1.00. The Kier molecular flexibility index (Phi) is 2.22. The molecule has 0 unspecified atom stereocenters. The number of rotatable bonds is 0. The molecule has 0 atom stereocenters. The van der Waals surface area contributed by atoms with E-state index in [0.717, 1.165) is 0 Å². The second-order valence-corrected chi connectivity index (χ2v) is 8.89. The Morgan fingerprint density at radius 2 is 1.20 bits per heavy atom. The summed E-state index contributed by atoms with van der Waals surface area (Å²) < 4.78 is 0. The van der Waals surface area contributed by atoms with E-state index in [1.807, 2.05) is 0 Å². The number of halogens is 3. The van der Waals surface area contributed by atoms with E-state index in [4.69, 9.17) is 32.0 Å². The normalized spacial score (nSPS) is 15.2. The van der Waals surface area contributed by atoms with Gasteiger partial charge in [0.2, 0.25) is 0 Å². The Balaban J connectivity index is 3.02. The van der Waals surface area contributed by atoms with Crippen LogP contribution in [0.1, 0.15) is 0 Å². The second-order valence-electron chi connectivity index (χ2n) is 0.638. The molecule has 0 aliphatic rings. The van der Waals surface area contributed by atoms with Crippen LogP contribution in [0.4, 0.5) is 0 Å². The third kappa shape index (κ3) is 36.4. The van der Waals surface area contributed by atoms with Crippen LogP contribution in [0.5, 0.6) is 0 Å². The maximum atomic E-state index is 5.14. The molecule has 0 radical (unpaired) electrons. The first kappa shape index (κ1) is 6.22. The first-order valence-corrected chi connectivity index (χ1v) is 5.39. The molecule has 0 aromatic rings. The lowest BCUT2D eigenvalue weighted by Gasteiger charge is -2.02. The van der Waals surface area contributed by atoms with Crippen LogP contribution in [0.15, 0.2) is 0 Å². The lowest BCUT2D eigenvalue weighted by molar-refractivity contribution is 2.51. The van der Waals surface area contributed by atoms with Crippen LogP contribution in [0.2, 0.25) is 0 Å². The van der Waals surface area contributed by atoms with Crippen molar-refractivity contribution in [1.29, 1.82) is 0 Å². The van der Waals surface area contributed by atoms with Crippen molar-refractivity contribution >= 4 is 39.7 Å². The highest BCUT2D eigenvalue weighted by atomic mass is 36.2. The minimum absolute atomic E-state index is 1.57. The van der Waals surface area contributed by atoms with Gasteiger partial charge < -0.3 is 0 Å². The maximum Gasteiger partial charge on any atom is 0.00491 e. The van der Waals surface area contributed by atoms with Crippen LogP contribution < -0.4 is 0 Å². The van der Waals surface area contributed by atoms with Crippen molar-refractivity contribution in [3.05, 3.63) is 0 Å². The maximum absolute atomic E-state index is 5.14. The van der Waals surface area contributed by atoms with E-state index >= 15 is 0 Å². The summed E-state index contributed by atoms with van der Waals surface area (Å²) in [5, 5.41) is 0. The first-order chi connectivity index (χ1) is 2.00. The molecule has 0 N–H and O–H groups in total. The zero-order valence-corrected chi connectivity index (χ0v) is 5.63. The van der Waals surface area contributed by atoms with Gasteiger partial charge in [0, 0.05) is 6.26 Å². The van der Waals surface area contributed by atoms with Gasteiger partial charge in [-0.25, -0.2) is 0 Å². The molecule has 4 heteroatoms. The molecule has 0 saturated carbocycles. The minimum atomic E-state index is -1.75. The Morgan fingerprint density at radius 3 is 1.20 bits per heavy atom. The molecule has 0 heterocycles. The van der Waals surface area contributed by atoms with Gasteiger partial charge in [0.05, 0.1) is 0 Å². The molecular weight excluding hydrogens is 150 g/mol. The fourth-order valence-corrected chi connectivity index (χ4v) is 0. The molecule has 0 aromatic carbocycles. The summed E-state index contributed by atoms with van der Waals surface area (Å²) in [5.74, 6) is 0. The average molecular weight is 153 g/mol. The number of hydrogen-bond acceptors (Lipinski definition) is 0. The molecule has 0 aliphatic heterocycles. The predicted octanol–water partition coefficient (Wildman–Crippen LogP) is 2.88. The van der Waals surface area contributed by atoms with Gasteiger partial charge in [-0.05, 0) is 39.7 Å². The van der Waals surface area contributed by atoms with Gasteiger partial charge >= 0.3 is 0 Å². The topological polar surface area (TPSA) is 0 Å². The fourth-order valence-electron chi connectivity index (χ4n) is 0. The first-order valence-electron chi connectivity index (χ1n) is 0.871. The van der Waals surface area contributed by atoms with Crippen molar-refractivity contribution in [3.8, 4) is 0 Å². The van der Waals surface area contributed by atoms with E-state index in [1.54, 1.807) is 6.26 Å². The summed E-state index contributed by atoms with van der Waals surface area (Å²) in [6.07, 6.45) is 1.57. The summed E-state index contributed by atoms with van der Waals surface area (Å²) in [4.78, 5) is 0. The van der Waals surface area contributed by atoms with E-state index in [-0.39, 0.29) is 0 Å². The Bertz CT molecular complexity index is 22.4. The SMILES string of the molecule is CS(Cl)(Cl)Cl. The molecule has 0 aromatic heterocycles. The van der Waals surface area contributed by atoms with Gasteiger partial charge in [0.1, 0.15) is 0 Å². The molecule has 0 aliphatic carbocycles. The highest BCUT2D eigenvalue weighted by Gasteiger charge is 1.99. The molecule has 0 spiro atoms. The number of hydrogen-bond donors (Lipinski definition) is 0. The molecule has 34 valence electrons. The molecule has 0 nitrogen and oxygen atoms in total. The van der Waals surface area contributed by atoms with Crippen molar-refractivity contribution in [1.82, 2.24) is 0 Å². The molecule has 0 amide bonds. The Labute approximate surface area is 46.2 Å². The van der Waals surface area contributed by atoms with Crippen molar-refractivity contribution in [2.75, 3.05) is 6.26 Å². The smallest absolute Gasteiger partial charge is 0.00491 e. The van der Waals surface area contributed by atoms with Crippen molar-refractivity contribution in [2.45, 2.75) is 0 Å². The van der Waals surface area contributed by atoms with E-state index in [0.29, 0.717) is 0 Å². The Morgan fingerprint density at radius 1 is 1.20 bits per heavy atom. The van der Waals surface area contributed by atoms with Crippen LogP contribution >= 0.6 is 39.7 Å². The standard InChI is InChI=1S/CH3Cl3S/c1-5(2,3)4/h1H3. The highest BCUT2D eigenvalue weighted by molar-refractivity contribution is 8.78. The zero-order valence-electron chi connectivity index (χ0n) is 2.54. The lowest BCUT2D eigenvalue weighted by atomic mass is 12.0. The van der Waals surface area contributed by atoms with Crippen molar-refractivity contribution in [2.24, 2.45) is 0 Å². The molecule has 0 bridgehead atoms. The van der Waals surface area contributed by atoms with Gasteiger partial charge in [-0.2, -0.15) is 0 Å². The van der Waals surface area contributed by atoms with Crippen LogP contribution in [0.3, 0.4) is 0 Å². The van der Waals surface area contributed by atoms with E-state index in [9.17, 15) is 0 Å². The van der Waals surface area contributed by atoms with Crippen LogP contribution in [0.25, 0.3) is 0 Å². The van der Waals surface area contributed by atoms with Gasteiger partial charge in [-0.3, -0.25) is 0 Å². The highest BCUT2D eigenvalue weighted by Crippen LogP contribution is 2.59. The van der Waals surface area contributed by atoms with Gasteiger partial charge in [0.15, 0.2) is 0 Å². The van der Waals surface area contributed by atoms with Crippen molar-refractivity contribution < 1.29 is 0 Å². The monoisotopic (exact) mass is 152 g/mol. The quantitative estimate of drug-likeness (QED) is 0.502. The third-order valence-electron chi connectivity index (χ3n) is 0.